The molecule has 1 heterocycles. The molecule has 41 heavy (non-hydrogen) atoms. The van der Waals surface area contributed by atoms with Crippen LogP contribution in [0, 0.1) is 0 Å². The Labute approximate surface area is 239 Å². The molecule has 12 heteroatoms. The van der Waals surface area contributed by atoms with Crippen molar-refractivity contribution in [2.75, 3.05) is 37.7 Å². The largest absolute Gasteiger partial charge is 0.497 e. The number of ether oxygens (including phenoxy) is 3. The summed E-state index contributed by atoms with van der Waals surface area (Å²) < 4.78 is 43.9. The molecule has 0 aliphatic carbocycles. The standard InChI is InChI=1S/C29H32N4O7S/c1-38-24-13-15-27(16-14-24)41(36,37)33(23-6-3-2-4-7-23)20-28(34)32-31-18-22-9-11-25(12-10-22)40-21-29(35)30-19-26-8-5-17-39-26/h2-4,6-7,9-16,18,26H,5,8,17,19-21H2,1H3,(H,30,35)(H,32,34)/b31-18-/t26-/m0/s1. The van der Waals surface area contributed by atoms with Gasteiger partial charge in [-0.1, -0.05) is 18.2 Å². The molecule has 2 N–H and O–H groups in total. The highest BCUT2D eigenvalue weighted by molar-refractivity contribution is 7.92. The number of carbonyl (C=O) groups is 2. The number of para-hydroxylation sites is 1. The Morgan fingerprint density at radius 3 is 2.37 bits per heavy atom. The lowest BCUT2D eigenvalue weighted by Gasteiger charge is -2.23. The molecule has 1 saturated heterocycles. The van der Waals surface area contributed by atoms with Gasteiger partial charge in [-0.2, -0.15) is 5.10 Å². The van der Waals surface area contributed by atoms with Crippen LogP contribution in [-0.2, 0) is 24.3 Å². The molecular weight excluding hydrogens is 548 g/mol. The Kier molecular flexibility index (Phi) is 10.3. The third-order valence-electron chi connectivity index (χ3n) is 6.18. The highest BCUT2D eigenvalue weighted by Gasteiger charge is 2.27. The first-order valence-electron chi connectivity index (χ1n) is 13.0. The molecule has 2 amide bonds. The molecule has 1 aliphatic heterocycles. The van der Waals surface area contributed by atoms with E-state index in [1.807, 2.05) is 0 Å². The summed E-state index contributed by atoms with van der Waals surface area (Å²) in [5.41, 5.74) is 3.37. The minimum atomic E-state index is -4.06. The zero-order valence-corrected chi connectivity index (χ0v) is 23.4. The third-order valence-corrected chi connectivity index (χ3v) is 7.97. The molecular formula is C29H32N4O7S. The molecule has 0 radical (unpaired) electrons. The van der Waals surface area contributed by atoms with Crippen molar-refractivity contribution in [3.8, 4) is 11.5 Å². The van der Waals surface area contributed by atoms with Crippen molar-refractivity contribution in [3.05, 3.63) is 84.4 Å². The van der Waals surface area contributed by atoms with E-state index < -0.39 is 22.5 Å². The second-order valence-corrected chi connectivity index (χ2v) is 11.0. The molecule has 216 valence electrons. The fourth-order valence-corrected chi connectivity index (χ4v) is 5.43. The third kappa shape index (κ3) is 8.53. The molecule has 0 spiro atoms. The van der Waals surface area contributed by atoms with Crippen LogP contribution in [0.15, 0.2) is 88.9 Å². The first-order valence-corrected chi connectivity index (χ1v) is 14.4. The normalized spacial score (nSPS) is 14.9. The van der Waals surface area contributed by atoms with Crippen LogP contribution in [0.25, 0.3) is 0 Å². The van der Waals surface area contributed by atoms with Crippen molar-refractivity contribution in [3.63, 3.8) is 0 Å². The summed E-state index contributed by atoms with van der Waals surface area (Å²) in [6.45, 7) is 0.597. The second kappa shape index (κ2) is 14.3. The minimum absolute atomic E-state index is 0.0149. The van der Waals surface area contributed by atoms with E-state index in [0.717, 1.165) is 23.8 Å². The van der Waals surface area contributed by atoms with Gasteiger partial charge in [-0.15, -0.1) is 0 Å². The summed E-state index contributed by atoms with van der Waals surface area (Å²) >= 11 is 0. The molecule has 3 aromatic rings. The molecule has 3 aromatic carbocycles. The van der Waals surface area contributed by atoms with E-state index in [4.69, 9.17) is 14.2 Å². The molecule has 11 nitrogen and oxygen atoms in total. The fourth-order valence-electron chi connectivity index (χ4n) is 4.01. The number of hydrazone groups is 1. The highest BCUT2D eigenvalue weighted by atomic mass is 32.2. The highest BCUT2D eigenvalue weighted by Crippen LogP contribution is 2.25. The van der Waals surface area contributed by atoms with Gasteiger partial charge in [-0.3, -0.25) is 13.9 Å². The lowest BCUT2D eigenvalue weighted by Crippen LogP contribution is -2.39. The van der Waals surface area contributed by atoms with E-state index in [9.17, 15) is 18.0 Å². The van der Waals surface area contributed by atoms with Crippen molar-refractivity contribution >= 4 is 33.7 Å². The predicted octanol–water partition coefficient (Wildman–Crippen LogP) is 2.71. The molecule has 4 rings (SSSR count). The van der Waals surface area contributed by atoms with E-state index in [1.54, 1.807) is 54.6 Å². The van der Waals surface area contributed by atoms with Gasteiger partial charge in [0.2, 0.25) is 0 Å². The first kappa shape index (κ1) is 29.6. The van der Waals surface area contributed by atoms with Crippen LogP contribution < -0.4 is 24.5 Å². The Balaban J connectivity index is 1.31. The fraction of sp³-hybridized carbons (Fsp3) is 0.276. The number of anilines is 1. The van der Waals surface area contributed by atoms with Crippen LogP contribution >= 0.6 is 0 Å². The van der Waals surface area contributed by atoms with Gasteiger partial charge in [0.05, 0.1) is 30.0 Å². The average molecular weight is 581 g/mol. The molecule has 0 bridgehead atoms. The van der Waals surface area contributed by atoms with Gasteiger partial charge < -0.3 is 19.5 Å². The number of hydrogen-bond donors (Lipinski definition) is 2. The number of rotatable bonds is 13. The van der Waals surface area contributed by atoms with Crippen molar-refractivity contribution < 1.29 is 32.2 Å². The monoisotopic (exact) mass is 580 g/mol. The van der Waals surface area contributed by atoms with Gasteiger partial charge >= 0.3 is 0 Å². The number of nitrogens with one attached hydrogen (secondary N) is 2. The van der Waals surface area contributed by atoms with E-state index >= 15 is 0 Å². The molecule has 0 saturated carbocycles. The topological polar surface area (TPSA) is 136 Å². The van der Waals surface area contributed by atoms with Crippen LogP contribution in [0.1, 0.15) is 18.4 Å². The molecule has 1 fully saturated rings. The Morgan fingerprint density at radius 2 is 1.71 bits per heavy atom. The van der Waals surface area contributed by atoms with Crippen molar-refractivity contribution in [2.24, 2.45) is 5.10 Å². The number of amides is 2. The maximum Gasteiger partial charge on any atom is 0.264 e. The Hall–Kier alpha value is -4.42. The zero-order valence-electron chi connectivity index (χ0n) is 22.6. The van der Waals surface area contributed by atoms with Gasteiger partial charge in [0.15, 0.2) is 6.61 Å². The maximum atomic E-state index is 13.4. The number of nitrogens with zero attached hydrogens (tertiary/aromatic N) is 2. The summed E-state index contributed by atoms with van der Waals surface area (Å²) in [5, 5.41) is 6.75. The first-order chi connectivity index (χ1) is 19.8. The summed E-state index contributed by atoms with van der Waals surface area (Å²) in [6.07, 6.45) is 3.44. The van der Waals surface area contributed by atoms with E-state index in [1.165, 1.54) is 37.6 Å². The number of hydrogen-bond acceptors (Lipinski definition) is 8. The minimum Gasteiger partial charge on any atom is -0.497 e. The average Bonchev–Trinajstić information content (AvgIpc) is 3.53. The van der Waals surface area contributed by atoms with Crippen molar-refractivity contribution in [2.45, 2.75) is 23.8 Å². The van der Waals surface area contributed by atoms with Crippen LogP contribution in [0.2, 0.25) is 0 Å². The quantitative estimate of drug-likeness (QED) is 0.234. The van der Waals surface area contributed by atoms with Crippen LogP contribution in [0.3, 0.4) is 0 Å². The number of benzene rings is 3. The summed E-state index contributed by atoms with van der Waals surface area (Å²) in [4.78, 5) is 24.7. The lowest BCUT2D eigenvalue weighted by molar-refractivity contribution is -0.123. The van der Waals surface area contributed by atoms with E-state index in [2.05, 4.69) is 15.8 Å². The summed E-state index contributed by atoms with van der Waals surface area (Å²) in [5.74, 6) is 0.154. The summed E-state index contributed by atoms with van der Waals surface area (Å²) in [6, 6.07) is 21.0. The second-order valence-electron chi connectivity index (χ2n) is 9.11. The SMILES string of the molecule is COc1ccc(S(=O)(=O)N(CC(=O)N/N=C\c2ccc(OCC(=O)NC[C@@H]3CCCO3)cc2)c2ccccc2)cc1. The van der Waals surface area contributed by atoms with Gasteiger partial charge in [0, 0.05) is 13.2 Å². The van der Waals surface area contributed by atoms with Crippen LogP contribution in [0.4, 0.5) is 5.69 Å². The van der Waals surface area contributed by atoms with E-state index in [-0.39, 0.29) is 23.5 Å². The molecule has 1 aliphatic rings. The maximum absolute atomic E-state index is 13.4. The lowest BCUT2D eigenvalue weighted by atomic mass is 10.2. The van der Waals surface area contributed by atoms with Gasteiger partial charge in [0.1, 0.15) is 18.0 Å². The van der Waals surface area contributed by atoms with Gasteiger partial charge in [-0.05, 0) is 79.1 Å². The molecule has 1 atom stereocenters. The van der Waals surface area contributed by atoms with Gasteiger partial charge in [0.25, 0.3) is 21.8 Å². The summed E-state index contributed by atoms with van der Waals surface area (Å²) in [7, 11) is -2.57. The number of carbonyl (C=O) groups excluding carboxylic acids is 2. The molecule has 0 unspecified atom stereocenters. The number of methoxy groups -OCH3 is 1. The predicted molar refractivity (Wildman–Crippen MR) is 154 cm³/mol. The Morgan fingerprint density at radius 1 is 1.00 bits per heavy atom. The number of sulfonamides is 1. The van der Waals surface area contributed by atoms with Crippen LogP contribution in [0.5, 0.6) is 11.5 Å². The van der Waals surface area contributed by atoms with Crippen molar-refractivity contribution in [1.29, 1.82) is 0 Å². The molecule has 0 aromatic heterocycles. The van der Waals surface area contributed by atoms with Crippen molar-refractivity contribution in [1.82, 2.24) is 10.7 Å². The van der Waals surface area contributed by atoms with Gasteiger partial charge in [-0.25, -0.2) is 13.8 Å². The smallest absolute Gasteiger partial charge is 0.264 e. The van der Waals surface area contributed by atoms with E-state index in [0.29, 0.717) is 29.3 Å². The van der Waals surface area contributed by atoms with Crippen LogP contribution in [-0.4, -0.2) is 66.0 Å². The zero-order chi connectivity index (χ0) is 29.1. The Bertz CT molecular complexity index is 1420.